The summed E-state index contributed by atoms with van der Waals surface area (Å²) in [5.41, 5.74) is 4.24. The molecule has 0 aliphatic carbocycles. The van der Waals surface area contributed by atoms with Crippen molar-refractivity contribution in [2.24, 2.45) is 11.8 Å². The highest BCUT2D eigenvalue weighted by molar-refractivity contribution is 5.94. The van der Waals surface area contributed by atoms with Gasteiger partial charge in [-0.05, 0) is 67.3 Å². The second-order valence-corrected chi connectivity index (χ2v) is 9.40. The number of hydrogen-bond donors (Lipinski definition) is 1. The number of aromatic nitrogens is 4. The highest BCUT2D eigenvalue weighted by Gasteiger charge is 2.23. The lowest BCUT2D eigenvalue weighted by molar-refractivity contribution is 0.0910. The Labute approximate surface area is 204 Å². The van der Waals surface area contributed by atoms with E-state index in [2.05, 4.69) is 43.2 Å². The van der Waals surface area contributed by atoms with Gasteiger partial charge in [0.2, 0.25) is 5.89 Å². The van der Waals surface area contributed by atoms with Crippen LogP contribution in [0.2, 0.25) is 0 Å². The summed E-state index contributed by atoms with van der Waals surface area (Å²) in [6.07, 6.45) is 0. The fourth-order valence-corrected chi connectivity index (χ4v) is 4.32. The van der Waals surface area contributed by atoms with E-state index in [1.54, 1.807) is 35.9 Å². The van der Waals surface area contributed by atoms with Crippen LogP contribution < -0.4 is 5.32 Å². The summed E-state index contributed by atoms with van der Waals surface area (Å²) in [5, 5.41) is 15.9. The molecule has 0 saturated heterocycles. The van der Waals surface area contributed by atoms with Gasteiger partial charge in [-0.1, -0.05) is 27.7 Å². The van der Waals surface area contributed by atoms with Crippen LogP contribution in [-0.4, -0.2) is 31.9 Å². The number of nitrogens with zero attached hydrogens (tertiary/aromatic N) is 4. The summed E-state index contributed by atoms with van der Waals surface area (Å²) in [4.78, 5) is 12.9. The maximum atomic E-state index is 13.6. The van der Waals surface area contributed by atoms with Crippen LogP contribution in [0.25, 0.3) is 28.5 Å². The predicted molar refractivity (Wildman–Crippen MR) is 133 cm³/mol. The van der Waals surface area contributed by atoms with Gasteiger partial charge in [0.05, 0.1) is 11.4 Å². The number of nitrogens with one attached hydrogen (secondary N) is 1. The fraction of sp³-hybridized carbons (Fsp3) is 0.333. The molecule has 0 atom stereocenters. The zero-order valence-corrected chi connectivity index (χ0v) is 20.8. The number of carbonyl (C=O) groups excluding carboxylic acids is 1. The summed E-state index contributed by atoms with van der Waals surface area (Å²) in [7, 11) is 0. The number of halogens is 1. The van der Waals surface area contributed by atoms with Crippen molar-refractivity contribution in [3.8, 4) is 28.5 Å². The van der Waals surface area contributed by atoms with Crippen molar-refractivity contribution in [3.05, 3.63) is 71.4 Å². The van der Waals surface area contributed by atoms with Gasteiger partial charge in [-0.15, -0.1) is 10.2 Å². The van der Waals surface area contributed by atoms with E-state index >= 15 is 0 Å². The van der Waals surface area contributed by atoms with Gasteiger partial charge in [0.25, 0.3) is 11.8 Å². The SMILES string of the molecule is Cc1nnc(-c2nn(-c3ccc(C(=O)NC(C(C)C)C(C)C)cc3)c(-c3ccc(F)cc3)c2C)o1. The molecule has 4 rings (SSSR count). The topological polar surface area (TPSA) is 85.8 Å². The van der Waals surface area contributed by atoms with E-state index in [4.69, 9.17) is 9.52 Å². The highest BCUT2D eigenvalue weighted by atomic mass is 19.1. The maximum Gasteiger partial charge on any atom is 0.268 e. The van der Waals surface area contributed by atoms with Crippen molar-refractivity contribution in [1.29, 1.82) is 0 Å². The molecule has 8 heteroatoms. The molecule has 0 spiro atoms. The Bertz CT molecular complexity index is 1310. The molecule has 4 aromatic rings. The van der Waals surface area contributed by atoms with Crippen LogP contribution >= 0.6 is 0 Å². The van der Waals surface area contributed by atoms with Gasteiger partial charge < -0.3 is 9.73 Å². The molecule has 182 valence electrons. The first kappa shape index (κ1) is 24.3. The quantitative estimate of drug-likeness (QED) is 0.368. The Kier molecular flexibility index (Phi) is 6.82. The number of amides is 1. The average Bonchev–Trinajstić information content (AvgIpc) is 3.40. The molecule has 7 nitrogen and oxygen atoms in total. The van der Waals surface area contributed by atoms with Gasteiger partial charge in [0.15, 0.2) is 5.69 Å². The Morgan fingerprint density at radius 2 is 1.57 bits per heavy atom. The summed E-state index contributed by atoms with van der Waals surface area (Å²) >= 11 is 0. The normalized spacial score (nSPS) is 11.6. The fourth-order valence-electron chi connectivity index (χ4n) is 4.32. The minimum atomic E-state index is -0.318. The highest BCUT2D eigenvalue weighted by Crippen LogP contribution is 2.33. The van der Waals surface area contributed by atoms with Gasteiger partial charge in [-0.3, -0.25) is 4.79 Å². The van der Waals surface area contributed by atoms with Gasteiger partial charge in [0, 0.05) is 29.7 Å². The molecule has 0 unspecified atom stereocenters. The lowest BCUT2D eigenvalue weighted by Gasteiger charge is -2.26. The largest absolute Gasteiger partial charge is 0.420 e. The van der Waals surface area contributed by atoms with Crippen LogP contribution in [0.15, 0.2) is 52.9 Å². The van der Waals surface area contributed by atoms with Crippen molar-refractivity contribution in [1.82, 2.24) is 25.3 Å². The lowest BCUT2D eigenvalue weighted by atomic mass is 9.93. The van der Waals surface area contributed by atoms with Crippen molar-refractivity contribution in [2.75, 3.05) is 0 Å². The van der Waals surface area contributed by atoms with Crippen molar-refractivity contribution >= 4 is 5.91 Å². The number of rotatable bonds is 7. The van der Waals surface area contributed by atoms with Crippen molar-refractivity contribution in [2.45, 2.75) is 47.6 Å². The summed E-state index contributed by atoms with van der Waals surface area (Å²) in [5.74, 6) is 0.980. The zero-order valence-electron chi connectivity index (χ0n) is 20.8. The first-order valence-electron chi connectivity index (χ1n) is 11.7. The first-order chi connectivity index (χ1) is 16.7. The van der Waals surface area contributed by atoms with Crippen molar-refractivity contribution < 1.29 is 13.6 Å². The molecular weight excluding hydrogens is 445 g/mol. The molecule has 35 heavy (non-hydrogen) atoms. The van der Waals surface area contributed by atoms with E-state index in [0.29, 0.717) is 34.9 Å². The smallest absolute Gasteiger partial charge is 0.268 e. The molecule has 1 amide bonds. The minimum absolute atomic E-state index is 0.0847. The summed E-state index contributed by atoms with van der Waals surface area (Å²) in [6.45, 7) is 12.1. The molecule has 1 N–H and O–H groups in total. The number of aryl methyl sites for hydroxylation is 1. The minimum Gasteiger partial charge on any atom is -0.420 e. The second kappa shape index (κ2) is 9.82. The van der Waals surface area contributed by atoms with Crippen LogP contribution in [-0.2, 0) is 0 Å². The predicted octanol–water partition coefficient (Wildman–Crippen LogP) is 5.76. The lowest BCUT2D eigenvalue weighted by Crippen LogP contribution is -2.42. The third-order valence-corrected chi connectivity index (χ3v) is 6.08. The van der Waals surface area contributed by atoms with Crippen LogP contribution in [0, 0.1) is 31.5 Å². The van der Waals surface area contributed by atoms with E-state index in [1.165, 1.54) is 12.1 Å². The molecule has 0 radical (unpaired) electrons. The Balaban J connectivity index is 1.73. The van der Waals surface area contributed by atoms with E-state index in [0.717, 1.165) is 22.5 Å². The third kappa shape index (κ3) is 5.01. The number of carbonyl (C=O) groups is 1. The molecule has 2 heterocycles. The molecule has 0 aliphatic rings. The van der Waals surface area contributed by atoms with Crippen LogP contribution in [0.3, 0.4) is 0 Å². The second-order valence-electron chi connectivity index (χ2n) is 9.40. The van der Waals surface area contributed by atoms with E-state index in [-0.39, 0.29) is 17.8 Å². The third-order valence-electron chi connectivity index (χ3n) is 6.08. The molecule has 2 aromatic heterocycles. The molecular formula is C27H30FN5O2. The Morgan fingerprint density at radius 1 is 0.943 bits per heavy atom. The zero-order chi connectivity index (χ0) is 25.3. The monoisotopic (exact) mass is 475 g/mol. The molecule has 0 bridgehead atoms. The van der Waals surface area contributed by atoms with Gasteiger partial charge in [-0.2, -0.15) is 5.10 Å². The average molecular weight is 476 g/mol. The van der Waals surface area contributed by atoms with E-state index < -0.39 is 0 Å². The standard InChI is InChI=1S/C27H30FN5O2/c1-15(2)23(16(3)4)29-26(34)20-9-13-22(14-10-20)33-25(19-7-11-21(28)12-8-19)17(5)24(32-33)27-31-30-18(6)35-27/h7-16,23H,1-6H3,(H,29,34). The van der Waals surface area contributed by atoms with Crippen LogP contribution in [0.1, 0.15) is 49.5 Å². The number of hydrogen-bond acceptors (Lipinski definition) is 5. The van der Waals surface area contributed by atoms with Gasteiger partial charge in [-0.25, -0.2) is 9.07 Å². The molecule has 0 saturated carbocycles. The van der Waals surface area contributed by atoms with Gasteiger partial charge >= 0.3 is 0 Å². The van der Waals surface area contributed by atoms with E-state index in [1.807, 2.05) is 19.1 Å². The van der Waals surface area contributed by atoms with Gasteiger partial charge in [0.1, 0.15) is 5.82 Å². The number of benzene rings is 2. The van der Waals surface area contributed by atoms with E-state index in [9.17, 15) is 9.18 Å². The summed E-state index contributed by atoms with van der Waals surface area (Å²) < 4.78 is 21.0. The first-order valence-corrected chi connectivity index (χ1v) is 11.7. The Hall–Kier alpha value is -3.81. The molecule has 0 fully saturated rings. The molecule has 0 aliphatic heterocycles. The van der Waals surface area contributed by atoms with Crippen LogP contribution in [0.5, 0.6) is 0 Å². The summed E-state index contributed by atoms with van der Waals surface area (Å²) in [6, 6.07) is 13.6. The molecule has 2 aromatic carbocycles. The maximum absolute atomic E-state index is 13.6. The Morgan fingerprint density at radius 3 is 2.11 bits per heavy atom. The van der Waals surface area contributed by atoms with Crippen molar-refractivity contribution in [3.63, 3.8) is 0 Å². The van der Waals surface area contributed by atoms with Crippen LogP contribution in [0.4, 0.5) is 4.39 Å².